The monoisotopic (exact) mass is 526 g/mol. The maximum atomic E-state index is 13.8. The Morgan fingerprint density at radius 1 is 1.11 bits per heavy atom. The van der Waals surface area contributed by atoms with Gasteiger partial charge in [0.05, 0.1) is 13.7 Å². The van der Waals surface area contributed by atoms with Gasteiger partial charge < -0.3 is 25.2 Å². The first-order chi connectivity index (χ1) is 18.1. The number of amides is 3. The average Bonchev–Trinajstić information content (AvgIpc) is 3.37. The van der Waals surface area contributed by atoms with E-state index < -0.39 is 11.5 Å². The van der Waals surface area contributed by atoms with E-state index in [0.717, 1.165) is 18.4 Å². The van der Waals surface area contributed by atoms with Crippen molar-refractivity contribution < 1.29 is 22.0 Å². The van der Waals surface area contributed by atoms with Gasteiger partial charge in [-0.1, -0.05) is 51.1 Å². The average molecular weight is 527 g/mol. The molecule has 38 heavy (non-hydrogen) atoms. The van der Waals surface area contributed by atoms with Gasteiger partial charge in [-0.2, -0.15) is 0 Å². The summed E-state index contributed by atoms with van der Waals surface area (Å²) in [6.45, 7) is 7.60. The number of methoxy groups -OCH3 is 1. The van der Waals surface area contributed by atoms with Crippen LogP contribution < -0.4 is 15.4 Å². The summed E-state index contributed by atoms with van der Waals surface area (Å²) in [4.78, 5) is 43.6. The molecular formula is C30H46N4O4. The molecule has 0 radical (unpaired) electrons. The summed E-state index contributed by atoms with van der Waals surface area (Å²) < 4.78 is 5.25. The highest BCUT2D eigenvalue weighted by Crippen LogP contribution is 2.27. The summed E-state index contributed by atoms with van der Waals surface area (Å²) in [5.41, 5.74) is 1.28. The normalized spacial score (nSPS) is 16.1. The molecule has 3 rings (SSSR count). The van der Waals surface area contributed by atoms with Crippen molar-refractivity contribution >= 4 is 17.7 Å². The van der Waals surface area contributed by atoms with E-state index in [2.05, 4.69) is 22.8 Å². The third-order valence-electron chi connectivity index (χ3n) is 6.98. The van der Waals surface area contributed by atoms with Crippen LogP contribution in [0.1, 0.15) is 52.4 Å². The number of nitrogens with one attached hydrogen (secondary N) is 2. The van der Waals surface area contributed by atoms with Crippen LogP contribution in [0.4, 0.5) is 0 Å². The Morgan fingerprint density at radius 2 is 1.79 bits per heavy atom. The maximum absolute atomic E-state index is 13.8. The molecule has 1 aliphatic rings. The van der Waals surface area contributed by atoms with E-state index in [4.69, 9.17) is 4.74 Å². The third-order valence-corrected chi connectivity index (χ3v) is 6.98. The Kier molecular flexibility index (Phi) is 10.3. The molecule has 1 unspecified atom stereocenters. The van der Waals surface area contributed by atoms with Gasteiger partial charge >= 0.3 is 0 Å². The van der Waals surface area contributed by atoms with Crippen LogP contribution in [0, 0.1) is 5.41 Å². The molecule has 0 saturated carbocycles. The molecule has 2 atom stereocenters. The summed E-state index contributed by atoms with van der Waals surface area (Å²) >= 11 is 0. The van der Waals surface area contributed by atoms with Crippen molar-refractivity contribution in [3.63, 3.8) is 0 Å². The second-order valence-corrected chi connectivity index (χ2v) is 10.9. The highest BCUT2D eigenvalue weighted by atomic mass is 16.5. The standard InChI is InChI=1S/C30H42N4O4.2H2/c1-30(2,3)27(32-26(35)20-31-4)29(37)34-18-9-12-24(34)21-33(19-17-22-10-7-6-8-11-22)28(36)23-13-15-25(38-5)16-14-23;;/h6-8,10-11,13-16,24,27,31H,9,12,17-21H2,1-5H3,(H,32,35);2*1H/t24-,27?;;/m0../s1. The van der Waals surface area contributed by atoms with Gasteiger partial charge in [-0.25, -0.2) is 0 Å². The Morgan fingerprint density at radius 3 is 2.39 bits per heavy atom. The largest absolute Gasteiger partial charge is 0.497 e. The minimum Gasteiger partial charge on any atom is -0.497 e. The van der Waals surface area contributed by atoms with Crippen LogP contribution in [-0.4, -0.2) is 79.9 Å². The van der Waals surface area contributed by atoms with Gasteiger partial charge in [0.2, 0.25) is 11.8 Å². The number of ether oxygens (including phenoxy) is 1. The van der Waals surface area contributed by atoms with Crippen molar-refractivity contribution in [3.8, 4) is 5.75 Å². The lowest BCUT2D eigenvalue weighted by molar-refractivity contribution is -0.140. The molecule has 1 fully saturated rings. The first kappa shape index (κ1) is 29.2. The smallest absolute Gasteiger partial charge is 0.253 e. The molecule has 8 heteroatoms. The molecule has 0 aromatic heterocycles. The van der Waals surface area contributed by atoms with Gasteiger partial charge in [-0.3, -0.25) is 14.4 Å². The number of carbonyl (C=O) groups excluding carboxylic acids is 3. The lowest BCUT2D eigenvalue weighted by Crippen LogP contribution is -2.58. The number of carbonyl (C=O) groups is 3. The summed E-state index contributed by atoms with van der Waals surface area (Å²) in [6, 6.07) is 16.5. The van der Waals surface area contributed by atoms with E-state index >= 15 is 0 Å². The molecule has 2 N–H and O–H groups in total. The molecule has 2 aromatic carbocycles. The van der Waals surface area contributed by atoms with Crippen LogP contribution in [0.2, 0.25) is 0 Å². The molecule has 1 aliphatic heterocycles. The molecule has 3 amide bonds. The van der Waals surface area contributed by atoms with Crippen molar-refractivity contribution in [2.75, 3.05) is 40.3 Å². The summed E-state index contributed by atoms with van der Waals surface area (Å²) in [5, 5.41) is 5.77. The lowest BCUT2D eigenvalue weighted by Gasteiger charge is -2.37. The molecular weight excluding hydrogens is 480 g/mol. The predicted octanol–water partition coefficient (Wildman–Crippen LogP) is 3.61. The summed E-state index contributed by atoms with van der Waals surface area (Å²) in [5.74, 6) is 0.316. The fraction of sp³-hybridized carbons (Fsp3) is 0.500. The summed E-state index contributed by atoms with van der Waals surface area (Å²) in [7, 11) is 3.30. The third kappa shape index (κ3) is 7.81. The van der Waals surface area contributed by atoms with Gasteiger partial charge in [0.15, 0.2) is 0 Å². The van der Waals surface area contributed by atoms with E-state index in [9.17, 15) is 14.4 Å². The van der Waals surface area contributed by atoms with Gasteiger partial charge in [-0.05, 0) is 61.6 Å². The van der Waals surface area contributed by atoms with Crippen LogP contribution in [0.15, 0.2) is 54.6 Å². The Balaban J connectivity index is 0.00000400. The highest BCUT2D eigenvalue weighted by Gasteiger charge is 2.40. The van der Waals surface area contributed by atoms with Crippen LogP contribution in [0.25, 0.3) is 0 Å². The van der Waals surface area contributed by atoms with Crippen LogP contribution >= 0.6 is 0 Å². The minimum absolute atomic E-state index is 0. The second-order valence-electron chi connectivity index (χ2n) is 10.9. The highest BCUT2D eigenvalue weighted by molar-refractivity contribution is 5.94. The molecule has 2 aromatic rings. The topological polar surface area (TPSA) is 91.0 Å². The van der Waals surface area contributed by atoms with E-state index in [1.165, 1.54) is 0 Å². The van der Waals surface area contributed by atoms with Crippen LogP contribution in [0.5, 0.6) is 5.75 Å². The zero-order valence-corrected chi connectivity index (χ0v) is 23.3. The number of hydrogen-bond donors (Lipinski definition) is 2. The fourth-order valence-electron chi connectivity index (χ4n) is 4.86. The molecule has 210 valence electrons. The number of benzene rings is 2. The maximum Gasteiger partial charge on any atom is 0.253 e. The number of hydrogen-bond acceptors (Lipinski definition) is 5. The van der Waals surface area contributed by atoms with Gasteiger partial charge in [0.1, 0.15) is 11.8 Å². The van der Waals surface area contributed by atoms with Gasteiger partial charge in [0, 0.05) is 34.1 Å². The van der Waals surface area contributed by atoms with Gasteiger partial charge in [0.25, 0.3) is 5.91 Å². The molecule has 0 bridgehead atoms. The fourth-order valence-corrected chi connectivity index (χ4v) is 4.86. The van der Waals surface area contributed by atoms with E-state index in [-0.39, 0.29) is 33.2 Å². The molecule has 1 heterocycles. The van der Waals surface area contributed by atoms with Crippen LogP contribution in [-0.2, 0) is 16.0 Å². The number of nitrogens with zero attached hydrogens (tertiary/aromatic N) is 2. The SMILES string of the molecule is CNCC(=O)NC(C(=O)N1CCC[C@H]1CN(CCc1ccccc1)C(=O)c1ccc(OC)cc1)C(C)(C)C.[HH].[HH]. The number of likely N-dealkylation sites (tertiary alicyclic amines) is 1. The van der Waals surface area contributed by atoms with Crippen molar-refractivity contribution in [1.29, 1.82) is 0 Å². The molecule has 0 spiro atoms. The zero-order valence-electron chi connectivity index (χ0n) is 23.3. The molecule has 1 saturated heterocycles. The van der Waals surface area contributed by atoms with E-state index in [1.54, 1.807) is 38.4 Å². The Hall–Kier alpha value is -3.39. The number of rotatable bonds is 11. The van der Waals surface area contributed by atoms with Crippen molar-refractivity contribution in [2.45, 2.75) is 52.1 Å². The van der Waals surface area contributed by atoms with E-state index in [1.807, 2.05) is 48.8 Å². The molecule has 0 aliphatic carbocycles. The second kappa shape index (κ2) is 13.4. The number of likely N-dealkylation sites (N-methyl/N-ethyl adjacent to an activating group) is 1. The first-order valence-electron chi connectivity index (χ1n) is 13.4. The Labute approximate surface area is 229 Å². The molecule has 8 nitrogen and oxygen atoms in total. The first-order valence-corrected chi connectivity index (χ1v) is 13.4. The van der Waals surface area contributed by atoms with Crippen molar-refractivity contribution in [2.24, 2.45) is 5.41 Å². The van der Waals surface area contributed by atoms with Crippen LogP contribution in [0.3, 0.4) is 0 Å². The lowest BCUT2D eigenvalue weighted by atomic mass is 9.85. The van der Waals surface area contributed by atoms with Crippen molar-refractivity contribution in [1.82, 2.24) is 20.4 Å². The quantitative estimate of drug-likeness (QED) is 0.467. The van der Waals surface area contributed by atoms with Crippen molar-refractivity contribution in [3.05, 3.63) is 65.7 Å². The predicted molar refractivity (Wildman–Crippen MR) is 153 cm³/mol. The van der Waals surface area contributed by atoms with Gasteiger partial charge in [-0.15, -0.1) is 0 Å². The summed E-state index contributed by atoms with van der Waals surface area (Å²) in [6.07, 6.45) is 2.39. The zero-order chi connectivity index (χ0) is 27.7. The minimum atomic E-state index is -0.654. The Bertz CT molecular complexity index is 1080. The van der Waals surface area contributed by atoms with E-state index in [0.29, 0.717) is 37.4 Å².